The van der Waals surface area contributed by atoms with E-state index >= 15 is 0 Å². The molecule has 0 aromatic heterocycles. The first-order chi connectivity index (χ1) is 11.3. The average Bonchev–Trinajstić information content (AvgIpc) is 3.24. The molecule has 1 aliphatic carbocycles. The molecule has 0 aromatic carbocycles. The molecule has 0 bridgehead atoms. The molecule has 2 atom stereocenters. The maximum Gasteiger partial charge on any atom is 0.403 e. The summed E-state index contributed by atoms with van der Waals surface area (Å²) in [6, 6.07) is -1.41. The third kappa shape index (κ3) is 4.53. The minimum Gasteiger partial charge on any atom is -0.334 e. The van der Waals surface area contributed by atoms with E-state index in [1.807, 2.05) is 0 Å². The minimum absolute atomic E-state index is 0.132. The Morgan fingerprint density at radius 2 is 1.79 bits per heavy atom. The lowest BCUT2D eigenvalue weighted by atomic mass is 10.2. The number of urea groups is 1. The lowest BCUT2D eigenvalue weighted by molar-refractivity contribution is -0.181. The topological polar surface area (TPSA) is 38.8 Å². The van der Waals surface area contributed by atoms with Crippen molar-refractivity contribution < 1.29 is 18.0 Å². The van der Waals surface area contributed by atoms with E-state index < -0.39 is 12.2 Å². The minimum atomic E-state index is -4.21. The Hall–Kier alpha value is -1.02. The molecule has 2 aliphatic heterocycles. The Labute approximate surface area is 141 Å². The average molecular weight is 348 g/mol. The van der Waals surface area contributed by atoms with Gasteiger partial charge in [-0.05, 0) is 32.1 Å². The number of rotatable bonds is 4. The highest BCUT2D eigenvalue weighted by Gasteiger charge is 2.41. The molecule has 2 saturated heterocycles. The molecule has 3 rings (SSSR count). The number of alkyl halides is 3. The van der Waals surface area contributed by atoms with Crippen LogP contribution in [0.25, 0.3) is 0 Å². The van der Waals surface area contributed by atoms with E-state index in [-0.39, 0.29) is 25.2 Å². The van der Waals surface area contributed by atoms with Gasteiger partial charge in [-0.25, -0.2) is 4.79 Å². The van der Waals surface area contributed by atoms with Gasteiger partial charge in [-0.3, -0.25) is 4.90 Å². The number of likely N-dealkylation sites (tertiary alicyclic amines) is 1. The molecule has 138 valence electrons. The number of hydrogen-bond donors (Lipinski definition) is 1. The summed E-state index contributed by atoms with van der Waals surface area (Å²) in [6.07, 6.45) is -0.592. The van der Waals surface area contributed by atoms with Gasteiger partial charge in [0.05, 0.1) is 0 Å². The van der Waals surface area contributed by atoms with E-state index in [0.29, 0.717) is 13.1 Å². The molecule has 0 aromatic rings. The number of halogens is 3. The zero-order valence-corrected chi connectivity index (χ0v) is 14.2. The van der Waals surface area contributed by atoms with Crippen molar-refractivity contribution in [2.75, 3.05) is 45.8 Å². The summed E-state index contributed by atoms with van der Waals surface area (Å²) in [6.45, 7) is 5.49. The fourth-order valence-electron chi connectivity index (χ4n) is 3.57. The van der Waals surface area contributed by atoms with Crippen LogP contribution in [0.4, 0.5) is 18.0 Å². The first kappa shape index (κ1) is 17.8. The zero-order valence-electron chi connectivity index (χ0n) is 14.2. The number of nitrogens with one attached hydrogen (secondary N) is 1. The Bertz CT molecular complexity index is 447. The van der Waals surface area contributed by atoms with Crippen LogP contribution in [0.3, 0.4) is 0 Å². The highest BCUT2D eigenvalue weighted by molar-refractivity contribution is 5.74. The first-order valence-electron chi connectivity index (χ1n) is 8.91. The predicted molar refractivity (Wildman–Crippen MR) is 84.8 cm³/mol. The second-order valence-corrected chi connectivity index (χ2v) is 7.38. The largest absolute Gasteiger partial charge is 0.403 e. The van der Waals surface area contributed by atoms with Gasteiger partial charge in [0.15, 0.2) is 0 Å². The second-order valence-electron chi connectivity index (χ2n) is 7.38. The van der Waals surface area contributed by atoms with Crippen LogP contribution in [0.15, 0.2) is 0 Å². The standard InChI is InChI=1S/C16H27F3N4O/c1-12(16(17,18)19)22-6-8-23(9-7-22)15(24)20-14-4-5-21(11-14)10-13-2-3-13/h12-14H,2-11H2,1H3,(H,20,24). The van der Waals surface area contributed by atoms with E-state index in [1.165, 1.54) is 24.7 Å². The number of piperazine rings is 1. The van der Waals surface area contributed by atoms with Crippen LogP contribution in [0.1, 0.15) is 26.2 Å². The highest BCUT2D eigenvalue weighted by Crippen LogP contribution is 2.30. The number of hydrogen-bond acceptors (Lipinski definition) is 3. The molecule has 0 spiro atoms. The zero-order chi connectivity index (χ0) is 17.3. The highest BCUT2D eigenvalue weighted by atomic mass is 19.4. The maximum atomic E-state index is 12.8. The van der Waals surface area contributed by atoms with Crippen molar-refractivity contribution in [1.82, 2.24) is 20.0 Å². The van der Waals surface area contributed by atoms with Crippen molar-refractivity contribution in [3.05, 3.63) is 0 Å². The molecule has 2 unspecified atom stereocenters. The van der Waals surface area contributed by atoms with Crippen LogP contribution in [0, 0.1) is 5.92 Å². The molecule has 5 nitrogen and oxygen atoms in total. The van der Waals surface area contributed by atoms with E-state index in [1.54, 1.807) is 4.90 Å². The molecule has 2 amide bonds. The lowest BCUT2D eigenvalue weighted by Gasteiger charge is -2.38. The van der Waals surface area contributed by atoms with E-state index in [9.17, 15) is 18.0 Å². The summed E-state index contributed by atoms with van der Waals surface area (Å²) in [5.41, 5.74) is 0. The smallest absolute Gasteiger partial charge is 0.334 e. The summed E-state index contributed by atoms with van der Waals surface area (Å²) in [5, 5.41) is 3.05. The molecule has 24 heavy (non-hydrogen) atoms. The SMILES string of the molecule is CC(N1CCN(C(=O)NC2CCN(CC3CC3)C2)CC1)C(F)(F)F. The molecule has 3 aliphatic rings. The number of nitrogens with zero attached hydrogens (tertiary/aromatic N) is 3. The normalized spacial score (nSPS) is 28.2. The van der Waals surface area contributed by atoms with Gasteiger partial charge >= 0.3 is 12.2 Å². The molecule has 1 N–H and O–H groups in total. The van der Waals surface area contributed by atoms with Gasteiger partial charge in [0.25, 0.3) is 0 Å². The molecule has 3 fully saturated rings. The Morgan fingerprint density at radius 1 is 1.12 bits per heavy atom. The van der Waals surface area contributed by atoms with E-state index in [0.717, 1.165) is 32.0 Å². The van der Waals surface area contributed by atoms with Gasteiger partial charge in [0, 0.05) is 51.9 Å². The number of carbonyl (C=O) groups excluding carboxylic acids is 1. The van der Waals surface area contributed by atoms with E-state index in [4.69, 9.17) is 0 Å². The third-order valence-electron chi connectivity index (χ3n) is 5.44. The second kappa shape index (κ2) is 7.07. The van der Waals surface area contributed by atoms with Crippen LogP contribution < -0.4 is 5.32 Å². The summed E-state index contributed by atoms with van der Waals surface area (Å²) >= 11 is 0. The van der Waals surface area contributed by atoms with Crippen LogP contribution in [0.5, 0.6) is 0 Å². The maximum absolute atomic E-state index is 12.8. The summed E-state index contributed by atoms with van der Waals surface area (Å²) in [5.74, 6) is 0.850. The van der Waals surface area contributed by atoms with Crippen molar-refractivity contribution in [3.8, 4) is 0 Å². The van der Waals surface area contributed by atoms with Crippen LogP contribution >= 0.6 is 0 Å². The molecule has 8 heteroatoms. The fraction of sp³-hybridized carbons (Fsp3) is 0.938. The molecule has 2 heterocycles. The first-order valence-corrected chi connectivity index (χ1v) is 8.91. The van der Waals surface area contributed by atoms with Crippen LogP contribution in [-0.4, -0.2) is 84.8 Å². The van der Waals surface area contributed by atoms with Crippen molar-refractivity contribution in [2.45, 2.75) is 44.4 Å². The Balaban J connectivity index is 1.39. The van der Waals surface area contributed by atoms with Crippen molar-refractivity contribution in [2.24, 2.45) is 5.92 Å². The summed E-state index contributed by atoms with van der Waals surface area (Å²) < 4.78 is 38.3. The third-order valence-corrected chi connectivity index (χ3v) is 5.44. The summed E-state index contributed by atoms with van der Waals surface area (Å²) in [7, 11) is 0. The molecular weight excluding hydrogens is 321 g/mol. The molecule has 1 saturated carbocycles. The lowest BCUT2D eigenvalue weighted by Crippen LogP contribution is -2.57. The van der Waals surface area contributed by atoms with Crippen molar-refractivity contribution in [1.29, 1.82) is 0 Å². The monoisotopic (exact) mass is 348 g/mol. The van der Waals surface area contributed by atoms with Gasteiger partial charge in [0.2, 0.25) is 0 Å². The van der Waals surface area contributed by atoms with Gasteiger partial charge in [-0.2, -0.15) is 13.2 Å². The van der Waals surface area contributed by atoms with Crippen molar-refractivity contribution in [3.63, 3.8) is 0 Å². The number of carbonyl (C=O) groups is 1. The number of amides is 2. The van der Waals surface area contributed by atoms with Crippen molar-refractivity contribution >= 4 is 6.03 Å². The molecule has 0 radical (unpaired) electrons. The summed E-state index contributed by atoms with van der Waals surface area (Å²) in [4.78, 5) is 17.8. The Kier molecular flexibility index (Phi) is 5.24. The fourth-order valence-corrected chi connectivity index (χ4v) is 3.57. The van der Waals surface area contributed by atoms with Gasteiger partial charge in [-0.1, -0.05) is 0 Å². The van der Waals surface area contributed by atoms with Gasteiger partial charge < -0.3 is 15.1 Å². The predicted octanol–water partition coefficient (Wildman–Crippen LogP) is 1.75. The molecular formula is C16H27F3N4O. The van der Waals surface area contributed by atoms with E-state index in [2.05, 4.69) is 10.2 Å². The quantitative estimate of drug-likeness (QED) is 0.841. The van der Waals surface area contributed by atoms with Gasteiger partial charge in [0.1, 0.15) is 6.04 Å². The van der Waals surface area contributed by atoms with Crippen LogP contribution in [-0.2, 0) is 0 Å². The Morgan fingerprint density at radius 3 is 2.38 bits per heavy atom. The van der Waals surface area contributed by atoms with Crippen LogP contribution in [0.2, 0.25) is 0 Å². The van der Waals surface area contributed by atoms with Gasteiger partial charge in [-0.15, -0.1) is 0 Å².